The van der Waals surface area contributed by atoms with E-state index in [1.807, 2.05) is 27.7 Å². The van der Waals surface area contributed by atoms with Crippen molar-refractivity contribution in [2.45, 2.75) is 38.5 Å². The van der Waals surface area contributed by atoms with Crippen LogP contribution in [0.4, 0.5) is 5.82 Å². The second-order valence-corrected chi connectivity index (χ2v) is 10.4. The van der Waals surface area contributed by atoms with Gasteiger partial charge in [-0.2, -0.15) is 0 Å². The summed E-state index contributed by atoms with van der Waals surface area (Å²) in [6.45, 7) is 7.86. The lowest BCUT2D eigenvalue weighted by Gasteiger charge is -2.27. The minimum Gasteiger partial charge on any atom is -0.493 e. The van der Waals surface area contributed by atoms with Crippen LogP contribution in [-0.2, 0) is 10.0 Å². The zero-order valence-corrected chi connectivity index (χ0v) is 20.9. The van der Waals surface area contributed by atoms with E-state index in [9.17, 15) is 8.42 Å². The molecule has 0 amide bonds. The van der Waals surface area contributed by atoms with Crippen molar-refractivity contribution in [3.05, 3.63) is 65.6 Å². The molecule has 1 aromatic heterocycles. The molecule has 2 aromatic carbocycles. The fourth-order valence-electron chi connectivity index (χ4n) is 3.11. The normalized spacial score (nSPS) is 11.6. The first-order valence-corrected chi connectivity index (χ1v) is 12.4. The Bertz CT molecular complexity index is 1200. The topological polar surface area (TPSA) is 81.6 Å². The first-order valence-electron chi connectivity index (χ1n) is 10.6. The number of ether oxygens (including phenoxy) is 2. The van der Waals surface area contributed by atoms with E-state index in [1.165, 1.54) is 11.4 Å². The van der Waals surface area contributed by atoms with Crippen LogP contribution in [0.15, 0.2) is 59.5 Å². The van der Waals surface area contributed by atoms with Gasteiger partial charge in [0.25, 0.3) is 10.0 Å². The van der Waals surface area contributed by atoms with E-state index >= 15 is 0 Å². The molecule has 0 radical (unpaired) electrons. The Hall–Kier alpha value is -2.84. The van der Waals surface area contributed by atoms with Crippen molar-refractivity contribution in [2.75, 3.05) is 18.0 Å². The van der Waals surface area contributed by atoms with Gasteiger partial charge in [0.2, 0.25) is 5.75 Å². The van der Waals surface area contributed by atoms with Gasteiger partial charge in [-0.15, -0.1) is 0 Å². The van der Waals surface area contributed by atoms with Crippen LogP contribution in [0.5, 0.6) is 17.2 Å². The number of methoxy groups -OCH3 is 1. The Morgan fingerprint density at radius 2 is 1.55 bits per heavy atom. The minimum absolute atomic E-state index is 0.00107. The summed E-state index contributed by atoms with van der Waals surface area (Å²) in [6, 6.07) is 15.2. The summed E-state index contributed by atoms with van der Waals surface area (Å²) in [6.07, 6.45) is 0. The molecule has 3 aromatic rings. The van der Waals surface area contributed by atoms with Crippen LogP contribution in [0.25, 0.3) is 0 Å². The predicted octanol–water partition coefficient (Wildman–Crippen LogP) is 5.91. The largest absolute Gasteiger partial charge is 0.493 e. The number of nitrogens with zero attached hydrogens (tertiary/aromatic N) is 3. The van der Waals surface area contributed by atoms with E-state index in [4.69, 9.17) is 21.1 Å². The number of sulfonamides is 1. The van der Waals surface area contributed by atoms with Gasteiger partial charge in [0.1, 0.15) is 5.82 Å². The van der Waals surface area contributed by atoms with Crippen LogP contribution < -0.4 is 13.8 Å². The molecule has 0 unspecified atom stereocenters. The summed E-state index contributed by atoms with van der Waals surface area (Å²) < 4.78 is 40.2. The predicted molar refractivity (Wildman–Crippen MR) is 130 cm³/mol. The number of hydrogen-bond donors (Lipinski definition) is 0. The standard InChI is InChI=1S/C24H28ClN3O4S/c1-16(2)15-28(33(29,30)18-11-7-6-8-12-18)24-21(22(25)26-23(27-24)17(3)4)32-20-14-10-9-13-19(20)31-5/h6-14,16-17H,15H2,1-5H3. The maximum absolute atomic E-state index is 13.7. The van der Waals surface area contributed by atoms with E-state index in [0.29, 0.717) is 17.3 Å². The SMILES string of the molecule is COc1ccccc1Oc1c(Cl)nc(C(C)C)nc1N(CC(C)C)S(=O)(=O)c1ccccc1. The molecule has 0 aliphatic heterocycles. The third-order valence-corrected chi connectivity index (χ3v) is 6.75. The van der Waals surface area contributed by atoms with Gasteiger partial charge in [-0.25, -0.2) is 22.7 Å². The lowest BCUT2D eigenvalue weighted by atomic mass is 10.2. The number of hydrogen-bond acceptors (Lipinski definition) is 6. The van der Waals surface area contributed by atoms with Crippen LogP contribution in [0.2, 0.25) is 5.15 Å². The van der Waals surface area contributed by atoms with Gasteiger partial charge in [-0.3, -0.25) is 0 Å². The Morgan fingerprint density at radius 1 is 0.939 bits per heavy atom. The van der Waals surface area contributed by atoms with Gasteiger partial charge in [-0.1, -0.05) is 69.6 Å². The molecule has 0 atom stereocenters. The number of para-hydroxylation sites is 2. The molecule has 0 aliphatic carbocycles. The summed E-state index contributed by atoms with van der Waals surface area (Å²) in [5, 5.41) is 0.0200. The Kier molecular flexibility index (Phi) is 7.81. The molecule has 1 heterocycles. The smallest absolute Gasteiger partial charge is 0.265 e. The highest BCUT2D eigenvalue weighted by molar-refractivity contribution is 7.92. The van der Waals surface area contributed by atoms with Crippen molar-refractivity contribution in [1.29, 1.82) is 0 Å². The van der Waals surface area contributed by atoms with Crippen LogP contribution in [0, 0.1) is 5.92 Å². The molecule has 0 saturated heterocycles. The second-order valence-electron chi connectivity index (χ2n) is 8.18. The highest BCUT2D eigenvalue weighted by Gasteiger charge is 2.32. The van der Waals surface area contributed by atoms with Crippen molar-refractivity contribution in [2.24, 2.45) is 5.92 Å². The average Bonchev–Trinajstić information content (AvgIpc) is 2.79. The Balaban J connectivity index is 2.25. The van der Waals surface area contributed by atoms with E-state index in [2.05, 4.69) is 9.97 Å². The Labute approximate surface area is 200 Å². The summed E-state index contributed by atoms with van der Waals surface area (Å²) in [4.78, 5) is 9.13. The number of halogens is 1. The number of benzene rings is 2. The van der Waals surface area contributed by atoms with Gasteiger partial charge >= 0.3 is 0 Å². The Morgan fingerprint density at radius 3 is 2.12 bits per heavy atom. The van der Waals surface area contributed by atoms with E-state index < -0.39 is 10.0 Å². The molecule has 33 heavy (non-hydrogen) atoms. The number of aromatic nitrogens is 2. The van der Waals surface area contributed by atoms with Gasteiger partial charge in [0, 0.05) is 12.5 Å². The van der Waals surface area contributed by atoms with Crippen LogP contribution in [0.3, 0.4) is 0 Å². The van der Waals surface area contributed by atoms with E-state index in [1.54, 1.807) is 54.6 Å². The van der Waals surface area contributed by atoms with E-state index in [0.717, 1.165) is 0 Å². The third kappa shape index (κ3) is 5.57. The molecule has 9 heteroatoms. The van der Waals surface area contributed by atoms with Crippen molar-refractivity contribution >= 4 is 27.4 Å². The number of anilines is 1. The zero-order valence-electron chi connectivity index (χ0n) is 19.3. The zero-order chi connectivity index (χ0) is 24.2. The molecule has 0 fully saturated rings. The summed E-state index contributed by atoms with van der Waals surface area (Å²) >= 11 is 6.56. The van der Waals surface area contributed by atoms with Crippen molar-refractivity contribution in [1.82, 2.24) is 9.97 Å². The van der Waals surface area contributed by atoms with E-state index in [-0.39, 0.29) is 40.0 Å². The minimum atomic E-state index is -3.97. The second kappa shape index (κ2) is 10.4. The van der Waals surface area contributed by atoms with Gasteiger partial charge in [-0.05, 0) is 30.2 Å². The quantitative estimate of drug-likeness (QED) is 0.348. The van der Waals surface area contributed by atoms with Crippen molar-refractivity contribution < 1.29 is 17.9 Å². The average molecular weight is 490 g/mol. The molecular formula is C24H28ClN3O4S. The molecule has 0 bridgehead atoms. The van der Waals surface area contributed by atoms with Crippen molar-refractivity contribution in [3.63, 3.8) is 0 Å². The monoisotopic (exact) mass is 489 g/mol. The maximum Gasteiger partial charge on any atom is 0.265 e. The molecule has 3 rings (SSSR count). The van der Waals surface area contributed by atoms with Crippen LogP contribution >= 0.6 is 11.6 Å². The highest BCUT2D eigenvalue weighted by atomic mass is 35.5. The van der Waals surface area contributed by atoms with Gasteiger partial charge < -0.3 is 9.47 Å². The summed E-state index contributed by atoms with van der Waals surface area (Å²) in [7, 11) is -2.44. The molecule has 0 spiro atoms. The van der Waals surface area contributed by atoms with Gasteiger partial charge in [0.15, 0.2) is 22.5 Å². The molecular weight excluding hydrogens is 462 g/mol. The summed E-state index contributed by atoms with van der Waals surface area (Å²) in [5.41, 5.74) is 0. The fraction of sp³-hybridized carbons (Fsp3) is 0.333. The van der Waals surface area contributed by atoms with Crippen molar-refractivity contribution in [3.8, 4) is 17.2 Å². The highest BCUT2D eigenvalue weighted by Crippen LogP contribution is 2.42. The maximum atomic E-state index is 13.7. The third-order valence-electron chi connectivity index (χ3n) is 4.72. The van der Waals surface area contributed by atoms with Crippen LogP contribution in [-0.4, -0.2) is 32.0 Å². The lowest BCUT2D eigenvalue weighted by molar-refractivity contribution is 0.378. The fourth-order valence-corrected chi connectivity index (χ4v) is 4.92. The molecule has 176 valence electrons. The lowest BCUT2D eigenvalue weighted by Crippen LogP contribution is -2.35. The summed E-state index contributed by atoms with van der Waals surface area (Å²) in [5.74, 6) is 1.30. The molecule has 0 N–H and O–H groups in total. The first-order chi connectivity index (χ1) is 15.6. The van der Waals surface area contributed by atoms with Crippen LogP contribution in [0.1, 0.15) is 39.4 Å². The first kappa shape index (κ1) is 24.8. The van der Waals surface area contributed by atoms with Gasteiger partial charge in [0.05, 0.1) is 12.0 Å². The molecule has 0 saturated carbocycles. The molecule has 7 nitrogen and oxygen atoms in total. The molecule has 0 aliphatic rings. The number of rotatable bonds is 9.